The monoisotopic (exact) mass is 388 g/mol. The van der Waals surface area contributed by atoms with Gasteiger partial charge in [0.15, 0.2) is 0 Å². The number of anilines is 1. The van der Waals surface area contributed by atoms with Crippen molar-refractivity contribution in [2.24, 2.45) is 0 Å². The van der Waals surface area contributed by atoms with Gasteiger partial charge in [-0.3, -0.25) is 0 Å². The van der Waals surface area contributed by atoms with Crippen LogP contribution in [-0.4, -0.2) is 48.3 Å². The van der Waals surface area contributed by atoms with Crippen LogP contribution < -0.4 is 15.5 Å². The van der Waals surface area contributed by atoms with Gasteiger partial charge in [-0.05, 0) is 51.7 Å². The smallest absolute Gasteiger partial charge is 0.342 e. The van der Waals surface area contributed by atoms with E-state index in [1.807, 2.05) is 13.8 Å². The van der Waals surface area contributed by atoms with Gasteiger partial charge in [-0.25, -0.2) is 14.6 Å². The molecule has 2 amide bonds. The number of nitrogens with zero attached hydrogens (tertiary/aromatic N) is 2. The number of hydrogen-bond donors (Lipinski definition) is 2. The van der Waals surface area contributed by atoms with Gasteiger partial charge in [0.1, 0.15) is 11.4 Å². The standard InChI is InChI=1S/C21H32N4O3/c1-15(2)28-20(26)18-9-6-12-22-19(18)25-13-10-17(11-14-25)24-21(27)23-16-7-4-3-5-8-16/h6,9,12,15-17H,3-5,7-8,10-11,13-14H2,1-2H3,(H2,23,24,27). The summed E-state index contributed by atoms with van der Waals surface area (Å²) in [7, 11) is 0. The first kappa shape index (κ1) is 20.4. The van der Waals surface area contributed by atoms with Crippen LogP contribution in [0, 0.1) is 0 Å². The van der Waals surface area contributed by atoms with Crippen LogP contribution in [0.5, 0.6) is 0 Å². The molecule has 0 spiro atoms. The second-order valence-corrected chi connectivity index (χ2v) is 8.04. The van der Waals surface area contributed by atoms with E-state index < -0.39 is 0 Å². The second-order valence-electron chi connectivity index (χ2n) is 8.04. The van der Waals surface area contributed by atoms with E-state index in [9.17, 15) is 9.59 Å². The lowest BCUT2D eigenvalue weighted by molar-refractivity contribution is 0.0378. The van der Waals surface area contributed by atoms with Crippen LogP contribution in [0.4, 0.5) is 10.6 Å². The molecular formula is C21H32N4O3. The maximum absolute atomic E-state index is 12.4. The molecule has 2 N–H and O–H groups in total. The topological polar surface area (TPSA) is 83.6 Å². The number of esters is 1. The number of rotatable bonds is 5. The third-order valence-corrected chi connectivity index (χ3v) is 5.42. The normalized spacial score (nSPS) is 18.8. The van der Waals surface area contributed by atoms with Crippen LogP contribution in [0.3, 0.4) is 0 Å². The number of ether oxygens (including phenoxy) is 1. The second kappa shape index (κ2) is 9.75. The average Bonchev–Trinajstić information content (AvgIpc) is 2.69. The first-order valence-corrected chi connectivity index (χ1v) is 10.5. The Kier molecular flexibility index (Phi) is 7.12. The summed E-state index contributed by atoms with van der Waals surface area (Å²) in [4.78, 5) is 31.2. The van der Waals surface area contributed by atoms with E-state index >= 15 is 0 Å². The van der Waals surface area contributed by atoms with Crippen LogP contribution in [0.1, 0.15) is 69.2 Å². The van der Waals surface area contributed by atoms with Gasteiger partial charge in [0.2, 0.25) is 0 Å². The van der Waals surface area contributed by atoms with Gasteiger partial charge in [0.25, 0.3) is 0 Å². The molecule has 0 bridgehead atoms. The Balaban J connectivity index is 1.51. The minimum Gasteiger partial charge on any atom is -0.459 e. The highest BCUT2D eigenvalue weighted by molar-refractivity contribution is 5.94. The van der Waals surface area contributed by atoms with E-state index in [0.717, 1.165) is 38.8 Å². The summed E-state index contributed by atoms with van der Waals surface area (Å²) in [5, 5.41) is 6.23. The number of aromatic nitrogens is 1. The first-order valence-electron chi connectivity index (χ1n) is 10.5. The highest BCUT2D eigenvalue weighted by Crippen LogP contribution is 2.23. The molecule has 2 fully saturated rings. The summed E-state index contributed by atoms with van der Waals surface area (Å²) < 4.78 is 5.34. The van der Waals surface area contributed by atoms with E-state index in [1.165, 1.54) is 19.3 Å². The Morgan fingerprint density at radius 2 is 1.71 bits per heavy atom. The number of carbonyl (C=O) groups is 2. The third kappa shape index (κ3) is 5.59. The number of urea groups is 1. The highest BCUT2D eigenvalue weighted by Gasteiger charge is 2.26. The molecule has 7 nitrogen and oxygen atoms in total. The molecule has 3 rings (SSSR count). The minimum atomic E-state index is -0.342. The van der Waals surface area contributed by atoms with Crippen molar-refractivity contribution in [3.8, 4) is 0 Å². The fourth-order valence-corrected chi connectivity index (χ4v) is 3.98. The fourth-order valence-electron chi connectivity index (χ4n) is 3.98. The number of hydrogen-bond acceptors (Lipinski definition) is 5. The highest BCUT2D eigenvalue weighted by atomic mass is 16.5. The van der Waals surface area contributed by atoms with Gasteiger partial charge in [-0.15, -0.1) is 0 Å². The van der Waals surface area contributed by atoms with E-state index in [0.29, 0.717) is 17.4 Å². The van der Waals surface area contributed by atoms with E-state index in [1.54, 1.807) is 18.3 Å². The first-order chi connectivity index (χ1) is 13.5. The van der Waals surface area contributed by atoms with Gasteiger partial charge < -0.3 is 20.3 Å². The van der Waals surface area contributed by atoms with Crippen molar-refractivity contribution >= 4 is 17.8 Å². The molecule has 1 aliphatic heterocycles. The van der Waals surface area contributed by atoms with Crippen molar-refractivity contribution in [3.05, 3.63) is 23.9 Å². The Morgan fingerprint density at radius 3 is 2.36 bits per heavy atom. The molecule has 1 saturated heterocycles. The van der Waals surface area contributed by atoms with Crippen LogP contribution in [0.2, 0.25) is 0 Å². The van der Waals surface area contributed by atoms with Crippen LogP contribution in [0.15, 0.2) is 18.3 Å². The van der Waals surface area contributed by atoms with Crippen molar-refractivity contribution in [2.75, 3.05) is 18.0 Å². The Morgan fingerprint density at radius 1 is 1.07 bits per heavy atom. The SMILES string of the molecule is CC(C)OC(=O)c1cccnc1N1CCC(NC(=O)NC2CCCCC2)CC1. The molecule has 0 atom stereocenters. The van der Waals surface area contributed by atoms with Crippen LogP contribution >= 0.6 is 0 Å². The largest absolute Gasteiger partial charge is 0.459 e. The maximum atomic E-state index is 12.4. The quantitative estimate of drug-likeness (QED) is 0.757. The molecule has 0 unspecified atom stereocenters. The molecule has 1 saturated carbocycles. The molecule has 2 aliphatic rings. The lowest BCUT2D eigenvalue weighted by Crippen LogP contribution is -2.50. The molecule has 1 aromatic rings. The predicted molar refractivity (Wildman–Crippen MR) is 109 cm³/mol. The zero-order valence-electron chi connectivity index (χ0n) is 16.9. The lowest BCUT2D eigenvalue weighted by atomic mass is 9.96. The van der Waals surface area contributed by atoms with Gasteiger partial charge in [0.05, 0.1) is 6.10 Å². The molecular weight excluding hydrogens is 356 g/mol. The number of nitrogens with one attached hydrogen (secondary N) is 2. The molecule has 0 radical (unpaired) electrons. The summed E-state index contributed by atoms with van der Waals surface area (Å²) in [6, 6.07) is 3.93. The van der Waals surface area contributed by atoms with Crippen molar-refractivity contribution in [1.29, 1.82) is 0 Å². The summed E-state index contributed by atoms with van der Waals surface area (Å²) in [6.07, 6.45) is 9.03. The molecule has 154 valence electrons. The zero-order chi connectivity index (χ0) is 19.9. The Hall–Kier alpha value is -2.31. The third-order valence-electron chi connectivity index (χ3n) is 5.42. The molecule has 1 aliphatic carbocycles. The van der Waals surface area contributed by atoms with Crippen molar-refractivity contribution < 1.29 is 14.3 Å². The van der Waals surface area contributed by atoms with Crippen molar-refractivity contribution in [3.63, 3.8) is 0 Å². The number of pyridine rings is 1. The Bertz CT molecular complexity index is 665. The minimum absolute atomic E-state index is 0.0515. The van der Waals surface area contributed by atoms with E-state index in [4.69, 9.17) is 4.74 Å². The van der Waals surface area contributed by atoms with Gasteiger partial charge >= 0.3 is 12.0 Å². The number of amides is 2. The maximum Gasteiger partial charge on any atom is 0.342 e. The van der Waals surface area contributed by atoms with E-state index in [-0.39, 0.29) is 24.1 Å². The summed E-state index contributed by atoms with van der Waals surface area (Å²) in [6.45, 7) is 5.16. The summed E-state index contributed by atoms with van der Waals surface area (Å²) >= 11 is 0. The summed E-state index contributed by atoms with van der Waals surface area (Å²) in [5.41, 5.74) is 0.498. The number of carbonyl (C=O) groups excluding carboxylic acids is 2. The van der Waals surface area contributed by atoms with Gasteiger partial charge in [0, 0.05) is 31.4 Å². The average molecular weight is 389 g/mol. The fraction of sp³-hybridized carbons (Fsp3) is 0.667. The van der Waals surface area contributed by atoms with Crippen LogP contribution in [-0.2, 0) is 4.74 Å². The Labute approximate surface area is 167 Å². The predicted octanol–water partition coefficient (Wildman–Crippen LogP) is 3.25. The van der Waals surface area contributed by atoms with Crippen molar-refractivity contribution in [2.45, 2.75) is 77.0 Å². The van der Waals surface area contributed by atoms with E-state index in [2.05, 4.69) is 20.5 Å². The van der Waals surface area contributed by atoms with Gasteiger partial charge in [-0.1, -0.05) is 19.3 Å². The molecule has 28 heavy (non-hydrogen) atoms. The molecule has 7 heteroatoms. The van der Waals surface area contributed by atoms with Crippen molar-refractivity contribution in [1.82, 2.24) is 15.6 Å². The number of piperidine rings is 1. The van der Waals surface area contributed by atoms with Gasteiger partial charge in [-0.2, -0.15) is 0 Å². The van der Waals surface area contributed by atoms with Crippen LogP contribution in [0.25, 0.3) is 0 Å². The molecule has 2 heterocycles. The summed E-state index contributed by atoms with van der Waals surface area (Å²) in [5.74, 6) is 0.323. The molecule has 1 aromatic heterocycles. The molecule has 0 aromatic carbocycles. The zero-order valence-corrected chi connectivity index (χ0v) is 16.9. The lowest BCUT2D eigenvalue weighted by Gasteiger charge is -2.34.